The third-order valence-corrected chi connectivity index (χ3v) is 5.84. The van der Waals surface area contributed by atoms with E-state index < -0.39 is 0 Å². The molecule has 0 aliphatic heterocycles. The van der Waals surface area contributed by atoms with Gasteiger partial charge >= 0.3 is 0 Å². The molecule has 8 heteroatoms. The van der Waals surface area contributed by atoms with Crippen LogP contribution in [0.2, 0.25) is 0 Å². The molecule has 0 spiro atoms. The molecule has 0 radical (unpaired) electrons. The summed E-state index contributed by atoms with van der Waals surface area (Å²) >= 11 is 0. The van der Waals surface area contributed by atoms with E-state index in [4.69, 9.17) is 10.00 Å². The molecule has 8 nitrogen and oxygen atoms in total. The second-order valence-electron chi connectivity index (χ2n) is 7.62. The van der Waals surface area contributed by atoms with E-state index in [9.17, 15) is 0 Å². The van der Waals surface area contributed by atoms with E-state index in [1.54, 1.807) is 24.5 Å². The Hall–Kier alpha value is -3.73. The summed E-state index contributed by atoms with van der Waals surface area (Å²) in [4.78, 5) is 11.7. The molecule has 4 aromatic rings. The lowest BCUT2D eigenvalue weighted by atomic mass is 9.93. The lowest BCUT2D eigenvalue weighted by Gasteiger charge is -2.12. The SMILES string of the molecule is CC[C@H]1C[C@H](Oc2ccc(C#N)cn2)CC1/C=C/c1nnc2cnc3[nH]ccc3n12. The molecule has 5 rings (SSSR count). The van der Waals surface area contributed by atoms with Crippen LogP contribution in [0.3, 0.4) is 0 Å². The molecule has 0 amide bonds. The first-order chi connectivity index (χ1) is 14.7. The topological polar surface area (TPSA) is 105 Å². The zero-order chi connectivity index (χ0) is 20.5. The van der Waals surface area contributed by atoms with Crippen LogP contribution in [0.15, 0.2) is 42.9 Å². The first-order valence-corrected chi connectivity index (χ1v) is 10.1. The molecule has 30 heavy (non-hydrogen) atoms. The van der Waals surface area contributed by atoms with Gasteiger partial charge in [-0.2, -0.15) is 5.26 Å². The molecule has 1 fully saturated rings. The zero-order valence-corrected chi connectivity index (χ0v) is 16.6. The van der Waals surface area contributed by atoms with Crippen molar-refractivity contribution in [3.8, 4) is 11.9 Å². The summed E-state index contributed by atoms with van der Waals surface area (Å²) in [6.45, 7) is 2.22. The maximum atomic E-state index is 8.91. The van der Waals surface area contributed by atoms with Gasteiger partial charge in [-0.05, 0) is 42.9 Å². The standard InChI is InChI=1S/C22H21N7O/c1-2-15-9-17(30-21-6-3-14(11-23)12-25-21)10-16(15)4-5-19-27-28-20-13-26-22-18(29(19)20)7-8-24-22/h3-8,12-13,15-17,24H,2,9-10H2,1H3/b5-4+/t15-,16?,17-/m0/s1. The zero-order valence-electron chi connectivity index (χ0n) is 16.6. The van der Waals surface area contributed by atoms with Crippen molar-refractivity contribution in [3.05, 3.63) is 54.3 Å². The van der Waals surface area contributed by atoms with Crippen molar-refractivity contribution < 1.29 is 4.74 Å². The summed E-state index contributed by atoms with van der Waals surface area (Å²) in [5, 5.41) is 17.5. The van der Waals surface area contributed by atoms with E-state index in [1.807, 2.05) is 16.7 Å². The number of rotatable bonds is 5. The first-order valence-electron chi connectivity index (χ1n) is 10.1. The quantitative estimate of drug-likeness (QED) is 0.548. The van der Waals surface area contributed by atoms with Gasteiger partial charge in [-0.3, -0.25) is 4.40 Å². The third kappa shape index (κ3) is 3.28. The van der Waals surface area contributed by atoms with Crippen LogP contribution in [0.1, 0.15) is 37.6 Å². The monoisotopic (exact) mass is 399 g/mol. The fourth-order valence-electron chi connectivity index (χ4n) is 4.31. The van der Waals surface area contributed by atoms with E-state index in [-0.39, 0.29) is 6.10 Å². The van der Waals surface area contributed by atoms with Crippen LogP contribution in [0.5, 0.6) is 5.88 Å². The maximum absolute atomic E-state index is 8.91. The van der Waals surface area contributed by atoms with Gasteiger partial charge in [-0.25, -0.2) is 9.97 Å². The van der Waals surface area contributed by atoms with Gasteiger partial charge in [0.15, 0.2) is 17.1 Å². The average molecular weight is 399 g/mol. The summed E-state index contributed by atoms with van der Waals surface area (Å²) in [5.41, 5.74) is 3.04. The Morgan fingerprint density at radius 3 is 2.97 bits per heavy atom. The normalized spacial score (nSPS) is 21.5. The number of H-pyrrole nitrogens is 1. The fraction of sp³-hybridized carbons (Fsp3) is 0.318. The molecule has 1 aliphatic rings. The molecule has 1 saturated carbocycles. The van der Waals surface area contributed by atoms with E-state index >= 15 is 0 Å². The molecular formula is C22H21N7O. The Bertz CT molecular complexity index is 1250. The van der Waals surface area contributed by atoms with Crippen molar-refractivity contribution in [3.63, 3.8) is 0 Å². The molecule has 3 atom stereocenters. The highest BCUT2D eigenvalue weighted by atomic mass is 16.5. The summed E-state index contributed by atoms with van der Waals surface area (Å²) in [5.74, 6) is 2.31. The summed E-state index contributed by atoms with van der Waals surface area (Å²) in [6.07, 6.45) is 12.5. The minimum atomic E-state index is 0.112. The molecule has 4 heterocycles. The number of aromatic amines is 1. The minimum Gasteiger partial charge on any atom is -0.474 e. The van der Waals surface area contributed by atoms with Crippen LogP contribution in [0, 0.1) is 23.2 Å². The number of hydrogen-bond acceptors (Lipinski definition) is 6. The fourth-order valence-corrected chi connectivity index (χ4v) is 4.31. The van der Waals surface area contributed by atoms with Gasteiger partial charge in [0.1, 0.15) is 12.2 Å². The van der Waals surface area contributed by atoms with Gasteiger partial charge in [0.25, 0.3) is 0 Å². The Kier molecular flexibility index (Phi) is 4.64. The second kappa shape index (κ2) is 7.59. The Morgan fingerprint density at radius 1 is 1.23 bits per heavy atom. The van der Waals surface area contributed by atoms with Crippen molar-refractivity contribution in [1.29, 1.82) is 5.26 Å². The lowest BCUT2D eigenvalue weighted by molar-refractivity contribution is 0.194. The van der Waals surface area contributed by atoms with Gasteiger partial charge in [0.2, 0.25) is 5.88 Å². The van der Waals surface area contributed by atoms with Crippen molar-refractivity contribution in [2.75, 3.05) is 0 Å². The van der Waals surface area contributed by atoms with Gasteiger partial charge in [0, 0.05) is 18.5 Å². The minimum absolute atomic E-state index is 0.112. The van der Waals surface area contributed by atoms with Crippen LogP contribution in [-0.2, 0) is 0 Å². The Labute approximate surface area is 173 Å². The Morgan fingerprint density at radius 2 is 2.17 bits per heavy atom. The molecule has 1 unspecified atom stereocenters. The third-order valence-electron chi connectivity index (χ3n) is 5.84. The highest BCUT2D eigenvalue weighted by Crippen LogP contribution is 2.37. The van der Waals surface area contributed by atoms with Crippen molar-refractivity contribution in [1.82, 2.24) is 29.5 Å². The number of pyridine rings is 1. The van der Waals surface area contributed by atoms with Crippen molar-refractivity contribution in [2.24, 2.45) is 11.8 Å². The number of aromatic nitrogens is 6. The van der Waals surface area contributed by atoms with Crippen LogP contribution in [0.25, 0.3) is 22.9 Å². The second-order valence-corrected chi connectivity index (χ2v) is 7.62. The molecule has 150 valence electrons. The van der Waals surface area contributed by atoms with E-state index in [0.29, 0.717) is 23.3 Å². The number of nitrogens with zero attached hydrogens (tertiary/aromatic N) is 6. The van der Waals surface area contributed by atoms with Crippen LogP contribution < -0.4 is 4.74 Å². The lowest BCUT2D eigenvalue weighted by Crippen LogP contribution is -2.13. The predicted molar refractivity (Wildman–Crippen MR) is 112 cm³/mol. The Balaban J connectivity index is 1.35. The van der Waals surface area contributed by atoms with Crippen LogP contribution in [0.4, 0.5) is 0 Å². The van der Waals surface area contributed by atoms with Gasteiger partial charge in [0.05, 0.1) is 17.3 Å². The molecule has 1 aliphatic carbocycles. The molecule has 1 N–H and O–H groups in total. The summed E-state index contributed by atoms with van der Waals surface area (Å²) in [7, 11) is 0. The summed E-state index contributed by atoms with van der Waals surface area (Å²) in [6, 6.07) is 7.56. The average Bonchev–Trinajstić information content (AvgIpc) is 3.50. The molecule has 0 aromatic carbocycles. The highest BCUT2D eigenvalue weighted by molar-refractivity contribution is 5.75. The molecular weight excluding hydrogens is 378 g/mol. The number of hydrogen-bond donors (Lipinski definition) is 1. The highest BCUT2D eigenvalue weighted by Gasteiger charge is 2.33. The van der Waals surface area contributed by atoms with Gasteiger partial charge < -0.3 is 9.72 Å². The van der Waals surface area contributed by atoms with E-state index in [1.165, 1.54) is 0 Å². The molecule has 4 aromatic heterocycles. The number of nitriles is 1. The van der Waals surface area contributed by atoms with Crippen molar-refractivity contribution >= 4 is 22.9 Å². The largest absolute Gasteiger partial charge is 0.474 e. The van der Waals surface area contributed by atoms with Crippen LogP contribution >= 0.6 is 0 Å². The molecule has 0 bridgehead atoms. The van der Waals surface area contributed by atoms with Gasteiger partial charge in [-0.1, -0.05) is 19.4 Å². The summed E-state index contributed by atoms with van der Waals surface area (Å²) < 4.78 is 8.11. The van der Waals surface area contributed by atoms with Crippen molar-refractivity contribution in [2.45, 2.75) is 32.3 Å². The van der Waals surface area contributed by atoms with Crippen LogP contribution in [-0.4, -0.2) is 35.7 Å². The van der Waals surface area contributed by atoms with E-state index in [2.05, 4.69) is 50.3 Å². The van der Waals surface area contributed by atoms with Gasteiger partial charge in [-0.15, -0.1) is 10.2 Å². The number of fused-ring (bicyclic) bond motifs is 3. The predicted octanol–water partition coefficient (Wildman–Crippen LogP) is 3.77. The number of allylic oxidation sites excluding steroid dienone is 1. The molecule has 0 saturated heterocycles. The smallest absolute Gasteiger partial charge is 0.213 e. The first kappa shape index (κ1) is 18.3. The maximum Gasteiger partial charge on any atom is 0.213 e. The number of ether oxygens (including phenoxy) is 1. The van der Waals surface area contributed by atoms with E-state index in [0.717, 1.165) is 41.9 Å². The number of nitrogens with one attached hydrogen (secondary N) is 1.